The minimum atomic E-state index is -3.53. The second-order valence-corrected chi connectivity index (χ2v) is 6.43. The Labute approximate surface area is 106 Å². The Morgan fingerprint density at radius 1 is 1.35 bits per heavy atom. The van der Waals surface area contributed by atoms with Crippen LogP contribution in [0.5, 0.6) is 11.5 Å². The molecular formula is C10H8BrNO4S. The van der Waals surface area contributed by atoms with Crippen LogP contribution >= 0.6 is 15.9 Å². The van der Waals surface area contributed by atoms with Crippen molar-refractivity contribution < 1.29 is 18.3 Å². The Kier molecular flexibility index (Phi) is 3.21. The summed E-state index contributed by atoms with van der Waals surface area (Å²) in [5.74, 6) is 0.190. The third kappa shape index (κ3) is 2.34. The highest BCUT2D eigenvalue weighted by atomic mass is 79.9. The number of ether oxygens (including phenoxy) is 1. The van der Waals surface area contributed by atoms with Crippen molar-refractivity contribution in [2.24, 2.45) is 4.99 Å². The predicted molar refractivity (Wildman–Crippen MR) is 67.0 cm³/mol. The van der Waals surface area contributed by atoms with Crippen molar-refractivity contribution in [2.45, 2.75) is 0 Å². The fourth-order valence-electron chi connectivity index (χ4n) is 1.21. The Hall–Kier alpha value is -1.34. The molecule has 2 rings (SSSR count). The average molecular weight is 318 g/mol. The number of sulfone groups is 1. The normalized spacial score (nSPS) is 17.5. The molecule has 1 N–H and O–H groups in total. The maximum absolute atomic E-state index is 11.6. The maximum atomic E-state index is 11.6. The SMILES string of the molecule is O=S1(=O)C(COc2ccccc2O)=CN=C1Br. The Bertz CT molecular complexity index is 606. The van der Waals surface area contributed by atoms with Gasteiger partial charge < -0.3 is 9.84 Å². The van der Waals surface area contributed by atoms with Crippen LogP contribution in [0, 0.1) is 0 Å². The van der Waals surface area contributed by atoms with Crippen LogP contribution in [0.4, 0.5) is 0 Å². The van der Waals surface area contributed by atoms with E-state index in [0.29, 0.717) is 0 Å². The first-order valence-corrected chi connectivity index (χ1v) is 6.87. The number of rotatable bonds is 3. The summed E-state index contributed by atoms with van der Waals surface area (Å²) in [4.78, 5) is 3.69. The van der Waals surface area contributed by atoms with E-state index in [-0.39, 0.29) is 27.0 Å². The van der Waals surface area contributed by atoms with E-state index in [2.05, 4.69) is 20.9 Å². The van der Waals surface area contributed by atoms with Gasteiger partial charge in [-0.05, 0) is 28.1 Å². The van der Waals surface area contributed by atoms with Gasteiger partial charge in [0.25, 0.3) is 0 Å². The lowest BCUT2D eigenvalue weighted by atomic mass is 10.3. The summed E-state index contributed by atoms with van der Waals surface area (Å²) in [5.41, 5.74) is 0. The largest absolute Gasteiger partial charge is 0.504 e. The molecule has 0 saturated carbocycles. The molecule has 1 aromatic rings. The summed E-state index contributed by atoms with van der Waals surface area (Å²) in [7, 11) is -3.53. The molecule has 5 nitrogen and oxygen atoms in total. The molecular weight excluding hydrogens is 310 g/mol. The fraction of sp³-hybridized carbons (Fsp3) is 0.100. The van der Waals surface area contributed by atoms with Gasteiger partial charge in [-0.1, -0.05) is 12.1 Å². The summed E-state index contributed by atoms with van der Waals surface area (Å²) in [6.07, 6.45) is 1.22. The van der Waals surface area contributed by atoms with Crippen LogP contribution in [-0.2, 0) is 9.84 Å². The van der Waals surface area contributed by atoms with Gasteiger partial charge in [0.1, 0.15) is 11.5 Å². The van der Waals surface area contributed by atoms with Gasteiger partial charge in [-0.15, -0.1) is 0 Å². The number of hydrogen-bond donors (Lipinski definition) is 1. The summed E-state index contributed by atoms with van der Waals surface area (Å²) in [6.45, 7) is -0.168. The Morgan fingerprint density at radius 2 is 2.06 bits per heavy atom. The molecule has 7 heteroatoms. The Balaban J connectivity index is 2.10. The van der Waals surface area contributed by atoms with Crippen LogP contribution < -0.4 is 4.74 Å². The number of aromatic hydroxyl groups is 1. The quantitative estimate of drug-likeness (QED) is 0.922. The van der Waals surface area contributed by atoms with E-state index >= 15 is 0 Å². The van der Waals surface area contributed by atoms with Crippen LogP contribution in [-0.4, -0.2) is 24.1 Å². The molecule has 0 unspecified atom stereocenters. The van der Waals surface area contributed by atoms with Crippen molar-refractivity contribution in [1.82, 2.24) is 0 Å². The van der Waals surface area contributed by atoms with Crippen LogP contribution in [0.3, 0.4) is 0 Å². The molecule has 0 atom stereocenters. The number of para-hydroxylation sites is 2. The lowest BCUT2D eigenvalue weighted by Gasteiger charge is -2.07. The zero-order chi connectivity index (χ0) is 12.5. The highest BCUT2D eigenvalue weighted by Gasteiger charge is 2.28. The van der Waals surface area contributed by atoms with E-state index < -0.39 is 9.84 Å². The molecule has 1 aliphatic heterocycles. The van der Waals surface area contributed by atoms with Gasteiger partial charge in [0.2, 0.25) is 13.8 Å². The number of phenolic OH excluding ortho intramolecular Hbond substituents is 1. The fourth-order valence-corrected chi connectivity index (χ4v) is 2.75. The highest BCUT2D eigenvalue weighted by molar-refractivity contribution is 9.21. The molecule has 0 aromatic heterocycles. The molecule has 1 aromatic carbocycles. The first-order chi connectivity index (χ1) is 8.01. The molecule has 0 fully saturated rings. The van der Waals surface area contributed by atoms with Gasteiger partial charge in [-0.3, -0.25) is 0 Å². The number of halogens is 1. The topological polar surface area (TPSA) is 76.0 Å². The van der Waals surface area contributed by atoms with Crippen LogP contribution in [0.2, 0.25) is 0 Å². The van der Waals surface area contributed by atoms with Gasteiger partial charge in [0, 0.05) is 6.20 Å². The van der Waals surface area contributed by atoms with Crippen LogP contribution in [0.1, 0.15) is 0 Å². The minimum Gasteiger partial charge on any atom is -0.504 e. The first kappa shape index (κ1) is 12.1. The highest BCUT2D eigenvalue weighted by Crippen LogP contribution is 2.27. The third-order valence-corrected chi connectivity index (χ3v) is 5.06. The monoisotopic (exact) mass is 317 g/mol. The molecule has 0 spiro atoms. The van der Waals surface area contributed by atoms with Gasteiger partial charge in [-0.2, -0.15) is 0 Å². The zero-order valence-electron chi connectivity index (χ0n) is 8.50. The third-order valence-electron chi connectivity index (χ3n) is 2.11. The van der Waals surface area contributed by atoms with E-state index in [1.807, 2.05) is 0 Å². The number of benzene rings is 1. The standard InChI is InChI=1S/C10H8BrNO4S/c11-10-12-5-7(17(10,14)15)6-16-9-4-2-1-3-8(9)13/h1-5,13H,6H2. The van der Waals surface area contributed by atoms with Gasteiger partial charge in [0.15, 0.2) is 11.5 Å². The number of hydrogen-bond acceptors (Lipinski definition) is 5. The second kappa shape index (κ2) is 4.50. The van der Waals surface area contributed by atoms with Crippen LogP contribution in [0.15, 0.2) is 40.4 Å². The molecule has 1 heterocycles. The van der Waals surface area contributed by atoms with Crippen molar-refractivity contribution >= 4 is 29.7 Å². The zero-order valence-corrected chi connectivity index (χ0v) is 10.9. The summed E-state index contributed by atoms with van der Waals surface area (Å²) < 4.78 is 28.3. The smallest absolute Gasteiger partial charge is 0.231 e. The van der Waals surface area contributed by atoms with Gasteiger partial charge in [-0.25, -0.2) is 13.4 Å². The van der Waals surface area contributed by atoms with Crippen molar-refractivity contribution in [1.29, 1.82) is 0 Å². The first-order valence-electron chi connectivity index (χ1n) is 4.60. The summed E-state index contributed by atoms with van der Waals surface area (Å²) in [6, 6.07) is 6.33. The lowest BCUT2D eigenvalue weighted by molar-refractivity contribution is 0.332. The molecule has 0 radical (unpaired) electrons. The van der Waals surface area contributed by atoms with Gasteiger partial charge >= 0.3 is 0 Å². The number of aliphatic imine (C=N–C) groups is 1. The van der Waals surface area contributed by atoms with E-state index in [4.69, 9.17) is 4.74 Å². The maximum Gasteiger partial charge on any atom is 0.231 e. The van der Waals surface area contributed by atoms with Crippen molar-refractivity contribution in [3.05, 3.63) is 35.4 Å². The minimum absolute atomic E-state index is 0.0384. The summed E-state index contributed by atoms with van der Waals surface area (Å²) in [5, 5.41) is 9.43. The second-order valence-electron chi connectivity index (χ2n) is 3.24. The van der Waals surface area contributed by atoms with Crippen molar-refractivity contribution in [2.75, 3.05) is 6.61 Å². The van der Waals surface area contributed by atoms with E-state index in [0.717, 1.165) is 0 Å². The number of phenols is 1. The molecule has 0 bridgehead atoms. The van der Waals surface area contributed by atoms with E-state index in [1.54, 1.807) is 18.2 Å². The molecule has 0 aliphatic carbocycles. The molecule has 1 aliphatic rings. The number of nitrogens with zero attached hydrogens (tertiary/aromatic N) is 1. The Morgan fingerprint density at radius 3 is 2.65 bits per heavy atom. The van der Waals surface area contributed by atoms with Crippen molar-refractivity contribution in [3.8, 4) is 11.5 Å². The molecule has 90 valence electrons. The van der Waals surface area contributed by atoms with Crippen LogP contribution in [0.25, 0.3) is 0 Å². The molecule has 17 heavy (non-hydrogen) atoms. The lowest BCUT2D eigenvalue weighted by Crippen LogP contribution is -2.13. The predicted octanol–water partition coefficient (Wildman–Crippen LogP) is 1.79. The van der Waals surface area contributed by atoms with E-state index in [1.165, 1.54) is 12.3 Å². The average Bonchev–Trinajstić information content (AvgIpc) is 2.54. The van der Waals surface area contributed by atoms with Gasteiger partial charge in [0.05, 0.1) is 0 Å². The van der Waals surface area contributed by atoms with E-state index in [9.17, 15) is 13.5 Å². The van der Waals surface area contributed by atoms with Crippen molar-refractivity contribution in [3.63, 3.8) is 0 Å². The molecule has 0 amide bonds. The summed E-state index contributed by atoms with van der Waals surface area (Å²) >= 11 is 2.85. The molecule has 0 saturated heterocycles.